The zero-order valence-corrected chi connectivity index (χ0v) is 23.1. The maximum absolute atomic E-state index is 12.5. The second kappa shape index (κ2) is 12.5. The summed E-state index contributed by atoms with van der Waals surface area (Å²) in [7, 11) is 3.02. The lowest BCUT2D eigenvalue weighted by molar-refractivity contribution is -0.121. The van der Waals surface area contributed by atoms with Crippen molar-refractivity contribution in [2.45, 2.75) is 58.9 Å². The fourth-order valence-electron chi connectivity index (χ4n) is 4.19. The number of aryl methyl sites for hydroxylation is 1. The van der Waals surface area contributed by atoms with Crippen LogP contribution in [-0.2, 0) is 24.2 Å². The van der Waals surface area contributed by atoms with E-state index >= 15 is 0 Å². The van der Waals surface area contributed by atoms with Crippen LogP contribution in [0.1, 0.15) is 62.6 Å². The molecule has 1 aromatic carbocycles. The molecule has 3 aromatic heterocycles. The third kappa shape index (κ3) is 6.00. The Balaban J connectivity index is 1.64. The molecule has 1 amide bonds. The van der Waals surface area contributed by atoms with Gasteiger partial charge in [0.25, 0.3) is 5.89 Å². The minimum atomic E-state index is -0.479. The third-order valence-electron chi connectivity index (χ3n) is 6.29. The highest BCUT2D eigenvalue weighted by Crippen LogP contribution is 2.49. The van der Waals surface area contributed by atoms with Crippen LogP contribution in [-0.4, -0.2) is 50.7 Å². The number of carbonyl (C=O) groups excluding carboxylic acids is 1. The van der Waals surface area contributed by atoms with E-state index in [-0.39, 0.29) is 42.0 Å². The van der Waals surface area contributed by atoms with Crippen molar-refractivity contribution < 1.29 is 33.4 Å². The summed E-state index contributed by atoms with van der Waals surface area (Å²) in [4.78, 5) is 16.9. The maximum atomic E-state index is 12.5. The average Bonchev–Trinajstić information content (AvgIpc) is 3.60. The van der Waals surface area contributed by atoms with Gasteiger partial charge in [-0.1, -0.05) is 38.4 Å². The van der Waals surface area contributed by atoms with Crippen LogP contribution < -0.4 is 14.8 Å². The van der Waals surface area contributed by atoms with E-state index in [0.29, 0.717) is 40.5 Å². The Morgan fingerprint density at radius 3 is 2.42 bits per heavy atom. The molecule has 3 N–H and O–H groups in total. The molecule has 0 atom stereocenters. The van der Waals surface area contributed by atoms with Crippen LogP contribution in [0, 0.1) is 0 Å². The number of nitrogens with zero attached hydrogens (tertiary/aromatic N) is 4. The van der Waals surface area contributed by atoms with Crippen LogP contribution in [0.2, 0.25) is 0 Å². The van der Waals surface area contributed by atoms with E-state index in [4.69, 9.17) is 18.4 Å². The second-order valence-corrected chi connectivity index (χ2v) is 9.45. The first-order valence-electron chi connectivity index (χ1n) is 13.0. The summed E-state index contributed by atoms with van der Waals surface area (Å²) in [6, 6.07) is 7.02. The molecule has 4 aromatic rings. The first kappa shape index (κ1) is 28.4. The van der Waals surface area contributed by atoms with Gasteiger partial charge in [0.05, 0.1) is 43.3 Å². The first-order valence-corrected chi connectivity index (χ1v) is 13.0. The number of pyridine rings is 1. The van der Waals surface area contributed by atoms with Crippen LogP contribution in [0.5, 0.6) is 23.1 Å². The highest BCUT2D eigenvalue weighted by molar-refractivity contribution is 5.88. The topological polar surface area (TPSA) is 166 Å². The predicted molar refractivity (Wildman–Crippen MR) is 144 cm³/mol. The van der Waals surface area contributed by atoms with Gasteiger partial charge in [0.2, 0.25) is 17.7 Å². The van der Waals surface area contributed by atoms with Gasteiger partial charge in [-0.15, -0.1) is 10.2 Å². The van der Waals surface area contributed by atoms with Crippen molar-refractivity contribution in [3.05, 3.63) is 47.3 Å². The van der Waals surface area contributed by atoms with Gasteiger partial charge in [-0.05, 0) is 30.9 Å². The molecule has 40 heavy (non-hydrogen) atoms. The van der Waals surface area contributed by atoms with Crippen LogP contribution in [0.4, 0.5) is 0 Å². The molecule has 0 radical (unpaired) electrons. The summed E-state index contributed by atoms with van der Waals surface area (Å²) in [6.45, 7) is 6.16. The molecule has 0 aliphatic carbocycles. The minimum absolute atomic E-state index is 0.0155. The standard InChI is InChI=1S/C28H33N5O7/c1-6-7-9-17-23(24-19(37-4)10-8-11-20(24)38-5)26(35)25(27(36)30-17)28-32-31-22(39-28)13-21(34)29-14-16-12-18(15(2)3)33-40-16/h8,10-12,15H,6-7,9,13-14H2,1-5H3,(H,29,34)(H2,30,35,36). The van der Waals surface area contributed by atoms with E-state index in [1.807, 2.05) is 20.8 Å². The molecular weight excluding hydrogens is 518 g/mol. The molecule has 0 fully saturated rings. The molecule has 0 spiro atoms. The number of carbonyl (C=O) groups is 1. The maximum Gasteiger partial charge on any atom is 0.257 e. The van der Waals surface area contributed by atoms with Gasteiger partial charge in [0.15, 0.2) is 5.76 Å². The molecule has 0 saturated carbocycles. The molecule has 12 heteroatoms. The highest BCUT2D eigenvalue weighted by Gasteiger charge is 2.29. The Kier molecular flexibility index (Phi) is 8.87. The van der Waals surface area contributed by atoms with Gasteiger partial charge in [-0.25, -0.2) is 4.98 Å². The zero-order chi connectivity index (χ0) is 28.8. The predicted octanol–water partition coefficient (Wildman–Crippen LogP) is 4.54. The summed E-state index contributed by atoms with van der Waals surface area (Å²) in [6.07, 6.45) is 1.89. The first-order chi connectivity index (χ1) is 19.3. The second-order valence-electron chi connectivity index (χ2n) is 9.45. The fourth-order valence-corrected chi connectivity index (χ4v) is 4.19. The van der Waals surface area contributed by atoms with Crippen molar-refractivity contribution in [3.8, 4) is 45.7 Å². The van der Waals surface area contributed by atoms with Crippen LogP contribution >= 0.6 is 0 Å². The number of nitrogens with one attached hydrogen (secondary N) is 1. The summed E-state index contributed by atoms with van der Waals surface area (Å²) in [5.74, 6) is 0.210. The lowest BCUT2D eigenvalue weighted by atomic mass is 9.95. The third-order valence-corrected chi connectivity index (χ3v) is 6.29. The Morgan fingerprint density at radius 2 is 1.80 bits per heavy atom. The van der Waals surface area contributed by atoms with Gasteiger partial charge >= 0.3 is 0 Å². The van der Waals surface area contributed by atoms with Gasteiger partial charge in [0.1, 0.15) is 29.2 Å². The van der Waals surface area contributed by atoms with Gasteiger partial charge < -0.3 is 33.9 Å². The van der Waals surface area contributed by atoms with Crippen LogP contribution in [0.25, 0.3) is 22.6 Å². The molecular formula is C28H33N5O7. The Labute approximate surface area is 231 Å². The summed E-state index contributed by atoms with van der Waals surface area (Å²) >= 11 is 0. The minimum Gasteiger partial charge on any atom is -0.506 e. The normalized spacial score (nSPS) is 11.2. The molecule has 0 aliphatic heterocycles. The number of hydrogen-bond donors (Lipinski definition) is 3. The summed E-state index contributed by atoms with van der Waals surface area (Å²) in [5.41, 5.74) is 1.88. The molecule has 212 valence electrons. The van der Waals surface area contributed by atoms with Crippen molar-refractivity contribution in [1.29, 1.82) is 0 Å². The molecule has 3 heterocycles. The molecule has 0 unspecified atom stereocenters. The number of rotatable bonds is 12. The number of unbranched alkanes of at least 4 members (excludes halogenated alkanes) is 1. The van der Waals surface area contributed by atoms with E-state index in [9.17, 15) is 15.0 Å². The lowest BCUT2D eigenvalue weighted by Crippen LogP contribution is -2.24. The largest absolute Gasteiger partial charge is 0.506 e. The van der Waals surface area contributed by atoms with E-state index < -0.39 is 11.8 Å². The SMILES string of the molecule is CCCCc1nc(O)c(-c2nnc(CC(=O)NCc3cc(C(C)C)no3)o2)c(O)c1-c1c(OC)cccc1OC. The average molecular weight is 552 g/mol. The number of hydrogen-bond acceptors (Lipinski definition) is 11. The number of methoxy groups -OCH3 is 2. The summed E-state index contributed by atoms with van der Waals surface area (Å²) < 4.78 is 22.0. The summed E-state index contributed by atoms with van der Waals surface area (Å²) in [5, 5.41) is 36.9. The Morgan fingerprint density at radius 1 is 1.07 bits per heavy atom. The number of aromatic nitrogens is 4. The molecule has 0 bridgehead atoms. The molecule has 4 rings (SSSR count). The number of amides is 1. The Bertz CT molecular complexity index is 1460. The fraction of sp³-hybridized carbons (Fsp3) is 0.393. The van der Waals surface area contributed by atoms with E-state index in [0.717, 1.165) is 18.5 Å². The van der Waals surface area contributed by atoms with Crippen molar-refractivity contribution >= 4 is 5.91 Å². The number of aromatic hydroxyl groups is 2. The lowest BCUT2D eigenvalue weighted by Gasteiger charge is -2.18. The van der Waals surface area contributed by atoms with E-state index in [1.165, 1.54) is 14.2 Å². The Hall–Kier alpha value is -4.61. The number of ether oxygens (including phenoxy) is 2. The van der Waals surface area contributed by atoms with Gasteiger partial charge in [0, 0.05) is 6.07 Å². The van der Waals surface area contributed by atoms with E-state index in [1.54, 1.807) is 24.3 Å². The molecule has 12 nitrogen and oxygen atoms in total. The van der Waals surface area contributed by atoms with Crippen molar-refractivity contribution in [2.75, 3.05) is 14.2 Å². The molecule has 0 saturated heterocycles. The van der Waals surface area contributed by atoms with Gasteiger partial charge in [-0.2, -0.15) is 0 Å². The quantitative estimate of drug-likeness (QED) is 0.226. The number of benzene rings is 1. The smallest absolute Gasteiger partial charge is 0.257 e. The zero-order valence-electron chi connectivity index (χ0n) is 23.1. The van der Waals surface area contributed by atoms with Crippen LogP contribution in [0.3, 0.4) is 0 Å². The van der Waals surface area contributed by atoms with Crippen molar-refractivity contribution in [3.63, 3.8) is 0 Å². The van der Waals surface area contributed by atoms with Crippen LogP contribution in [0.15, 0.2) is 33.2 Å². The van der Waals surface area contributed by atoms with Crippen molar-refractivity contribution in [2.24, 2.45) is 0 Å². The van der Waals surface area contributed by atoms with Crippen molar-refractivity contribution in [1.82, 2.24) is 25.7 Å². The monoisotopic (exact) mass is 551 g/mol. The highest BCUT2D eigenvalue weighted by atomic mass is 16.5. The van der Waals surface area contributed by atoms with E-state index in [2.05, 4.69) is 25.7 Å². The van der Waals surface area contributed by atoms with Gasteiger partial charge in [-0.3, -0.25) is 4.79 Å². The molecule has 0 aliphatic rings.